The van der Waals surface area contributed by atoms with E-state index in [4.69, 9.17) is 9.47 Å². The van der Waals surface area contributed by atoms with Gasteiger partial charge >= 0.3 is 0 Å². The number of para-hydroxylation sites is 1. The summed E-state index contributed by atoms with van der Waals surface area (Å²) in [4.78, 5) is 15.2. The maximum absolute atomic E-state index is 11.0. The van der Waals surface area contributed by atoms with Crippen molar-refractivity contribution in [2.45, 2.75) is 43.7 Å². The molecule has 0 amide bonds. The van der Waals surface area contributed by atoms with Crippen LogP contribution in [0.2, 0.25) is 0 Å². The molecule has 1 unspecified atom stereocenters. The smallest absolute Gasteiger partial charge is 0.235 e. The van der Waals surface area contributed by atoms with Crippen LogP contribution in [0.3, 0.4) is 0 Å². The van der Waals surface area contributed by atoms with Gasteiger partial charge in [0.2, 0.25) is 6.08 Å². The van der Waals surface area contributed by atoms with E-state index in [2.05, 4.69) is 4.99 Å². The van der Waals surface area contributed by atoms with Gasteiger partial charge < -0.3 is 9.47 Å². The molecule has 1 atom stereocenters. The van der Waals surface area contributed by atoms with Gasteiger partial charge in [-0.15, -0.1) is 0 Å². The molecule has 5 heteroatoms. The van der Waals surface area contributed by atoms with Crippen molar-refractivity contribution in [2.24, 2.45) is 4.99 Å². The summed E-state index contributed by atoms with van der Waals surface area (Å²) in [6.07, 6.45) is 6.91. The van der Waals surface area contributed by atoms with Gasteiger partial charge in [-0.1, -0.05) is 25.0 Å². The molecule has 2 fully saturated rings. The third kappa shape index (κ3) is 2.88. The molecule has 1 heterocycles. The maximum Gasteiger partial charge on any atom is 0.235 e. The monoisotopic (exact) mass is 319 g/mol. The number of ether oxygens (including phenoxy) is 2. The van der Waals surface area contributed by atoms with Gasteiger partial charge in [-0.25, -0.2) is 4.79 Å². The normalized spacial score (nSPS) is 23.0. The Balaban J connectivity index is 2.03. The molecule has 4 nitrogen and oxygen atoms in total. The van der Waals surface area contributed by atoms with E-state index in [9.17, 15) is 4.79 Å². The molecule has 1 aliphatic carbocycles. The van der Waals surface area contributed by atoms with Gasteiger partial charge in [0, 0.05) is 11.3 Å². The number of hydrogen-bond acceptors (Lipinski definition) is 5. The molecule has 118 valence electrons. The van der Waals surface area contributed by atoms with Crippen molar-refractivity contribution in [3.8, 4) is 11.5 Å². The van der Waals surface area contributed by atoms with Crippen molar-refractivity contribution in [3.63, 3.8) is 0 Å². The van der Waals surface area contributed by atoms with Crippen LogP contribution in [0.4, 0.5) is 0 Å². The molecule has 0 radical (unpaired) electrons. The summed E-state index contributed by atoms with van der Waals surface area (Å²) in [6, 6.07) is 5.88. The predicted molar refractivity (Wildman–Crippen MR) is 87.6 cm³/mol. The molecular weight excluding hydrogens is 298 g/mol. The van der Waals surface area contributed by atoms with Crippen LogP contribution in [0.5, 0.6) is 11.5 Å². The van der Waals surface area contributed by atoms with E-state index in [0.717, 1.165) is 60.7 Å². The van der Waals surface area contributed by atoms with E-state index in [1.165, 1.54) is 0 Å². The Morgan fingerprint density at radius 2 is 2.18 bits per heavy atom. The molecule has 1 saturated heterocycles. The Labute approximate surface area is 135 Å². The molecular formula is C17H21NO3S. The number of methoxy groups -OCH3 is 1. The number of isocyanates is 1. The Hall–Kier alpha value is -1.45. The van der Waals surface area contributed by atoms with Gasteiger partial charge in [-0.05, 0) is 31.1 Å². The minimum Gasteiger partial charge on any atom is -0.493 e. The van der Waals surface area contributed by atoms with E-state index in [1.54, 1.807) is 13.2 Å². The van der Waals surface area contributed by atoms with Crippen molar-refractivity contribution in [3.05, 3.63) is 23.8 Å². The lowest BCUT2D eigenvalue weighted by atomic mass is 9.88. The SMILES string of the molecule is COc1cccc(C2(N=C=O)CCCC2)c1OC1CCSC1. The van der Waals surface area contributed by atoms with Gasteiger partial charge in [0.15, 0.2) is 11.5 Å². The predicted octanol–water partition coefficient (Wildman–Crippen LogP) is 3.68. The lowest BCUT2D eigenvalue weighted by Crippen LogP contribution is -2.23. The molecule has 0 spiro atoms. The largest absolute Gasteiger partial charge is 0.493 e. The van der Waals surface area contributed by atoms with Gasteiger partial charge in [0.25, 0.3) is 0 Å². The summed E-state index contributed by atoms with van der Waals surface area (Å²) in [7, 11) is 1.65. The third-order valence-electron chi connectivity index (χ3n) is 4.56. The van der Waals surface area contributed by atoms with Crippen molar-refractivity contribution in [1.29, 1.82) is 0 Å². The van der Waals surface area contributed by atoms with Crippen LogP contribution in [0.15, 0.2) is 23.2 Å². The molecule has 0 N–H and O–H groups in total. The fourth-order valence-electron chi connectivity index (χ4n) is 3.43. The summed E-state index contributed by atoms with van der Waals surface area (Å²) >= 11 is 1.91. The second kappa shape index (κ2) is 6.76. The van der Waals surface area contributed by atoms with Gasteiger partial charge in [0.05, 0.1) is 7.11 Å². The zero-order valence-corrected chi connectivity index (χ0v) is 13.7. The van der Waals surface area contributed by atoms with Crippen LogP contribution in [-0.2, 0) is 10.3 Å². The number of benzene rings is 1. The van der Waals surface area contributed by atoms with Crippen LogP contribution >= 0.6 is 11.8 Å². The Kier molecular flexibility index (Phi) is 4.74. The molecule has 2 aliphatic rings. The second-order valence-corrected chi connectivity index (χ2v) is 7.03. The Morgan fingerprint density at radius 1 is 1.36 bits per heavy atom. The number of rotatable bonds is 5. The molecule has 1 saturated carbocycles. The van der Waals surface area contributed by atoms with Crippen LogP contribution in [0.25, 0.3) is 0 Å². The van der Waals surface area contributed by atoms with Crippen LogP contribution in [0.1, 0.15) is 37.7 Å². The summed E-state index contributed by atoms with van der Waals surface area (Å²) in [5, 5.41) is 0. The standard InChI is InChI=1S/C17H21NO3S/c1-20-15-6-4-5-14(16(15)21-13-7-10-22-11-13)17(18-12-19)8-2-3-9-17/h4-6,13H,2-3,7-11H2,1H3. The van der Waals surface area contributed by atoms with Crippen molar-refractivity contribution >= 4 is 17.8 Å². The minimum atomic E-state index is -0.489. The van der Waals surface area contributed by atoms with Crippen molar-refractivity contribution in [2.75, 3.05) is 18.6 Å². The van der Waals surface area contributed by atoms with Crippen LogP contribution in [-0.4, -0.2) is 30.8 Å². The summed E-state index contributed by atoms with van der Waals surface area (Å²) in [5.74, 6) is 3.62. The fraction of sp³-hybridized carbons (Fsp3) is 0.588. The van der Waals surface area contributed by atoms with E-state index in [0.29, 0.717) is 0 Å². The fourth-order valence-corrected chi connectivity index (χ4v) is 4.52. The first-order chi connectivity index (χ1) is 10.8. The first kappa shape index (κ1) is 15.4. The molecule has 0 aromatic heterocycles. The zero-order valence-electron chi connectivity index (χ0n) is 12.8. The molecule has 1 aromatic carbocycles. The number of thioether (sulfide) groups is 1. The topological polar surface area (TPSA) is 47.9 Å². The number of carbonyl (C=O) groups excluding carboxylic acids is 1. The van der Waals surface area contributed by atoms with Gasteiger partial charge in [-0.2, -0.15) is 16.8 Å². The van der Waals surface area contributed by atoms with Gasteiger partial charge in [0.1, 0.15) is 11.6 Å². The van der Waals surface area contributed by atoms with Crippen molar-refractivity contribution < 1.29 is 14.3 Å². The lowest BCUT2D eigenvalue weighted by molar-refractivity contribution is 0.211. The highest BCUT2D eigenvalue weighted by Gasteiger charge is 2.39. The first-order valence-electron chi connectivity index (χ1n) is 7.80. The minimum absolute atomic E-state index is 0.207. The van der Waals surface area contributed by atoms with E-state index in [1.807, 2.05) is 30.0 Å². The van der Waals surface area contributed by atoms with Gasteiger partial charge in [-0.3, -0.25) is 0 Å². The molecule has 1 aromatic rings. The van der Waals surface area contributed by atoms with Crippen molar-refractivity contribution in [1.82, 2.24) is 0 Å². The molecule has 1 aliphatic heterocycles. The van der Waals surface area contributed by atoms with E-state index < -0.39 is 5.54 Å². The second-order valence-electron chi connectivity index (χ2n) is 5.88. The number of aliphatic imine (C=N–C) groups is 1. The highest BCUT2D eigenvalue weighted by atomic mass is 32.2. The third-order valence-corrected chi connectivity index (χ3v) is 5.69. The average Bonchev–Trinajstić information content (AvgIpc) is 3.20. The zero-order chi connectivity index (χ0) is 15.4. The highest BCUT2D eigenvalue weighted by Crippen LogP contribution is 2.48. The molecule has 0 bridgehead atoms. The number of hydrogen-bond donors (Lipinski definition) is 0. The summed E-state index contributed by atoms with van der Waals surface area (Å²) < 4.78 is 11.8. The van der Waals surface area contributed by atoms with Crippen LogP contribution in [0, 0.1) is 0 Å². The summed E-state index contributed by atoms with van der Waals surface area (Å²) in [6.45, 7) is 0. The van der Waals surface area contributed by atoms with E-state index >= 15 is 0 Å². The average molecular weight is 319 g/mol. The maximum atomic E-state index is 11.0. The highest BCUT2D eigenvalue weighted by molar-refractivity contribution is 7.99. The quantitative estimate of drug-likeness (QED) is 0.613. The van der Waals surface area contributed by atoms with Crippen LogP contribution < -0.4 is 9.47 Å². The number of nitrogens with zero attached hydrogens (tertiary/aromatic N) is 1. The Morgan fingerprint density at radius 3 is 2.82 bits per heavy atom. The van der Waals surface area contributed by atoms with E-state index in [-0.39, 0.29) is 6.10 Å². The Bertz CT molecular complexity index is 571. The first-order valence-corrected chi connectivity index (χ1v) is 8.95. The molecule has 3 rings (SSSR count). The lowest BCUT2D eigenvalue weighted by Gasteiger charge is -2.27. The summed E-state index contributed by atoms with van der Waals surface area (Å²) in [5.41, 5.74) is 0.488. The molecule has 22 heavy (non-hydrogen) atoms.